The Labute approximate surface area is 32.8 Å². The topological polar surface area (TPSA) is 0 Å². The highest BCUT2D eigenvalue weighted by Gasteiger charge is 1.86. The van der Waals surface area contributed by atoms with Crippen LogP contribution in [0, 0.1) is 0 Å². The molecule has 0 saturated carbocycles. The highest BCUT2D eigenvalue weighted by molar-refractivity contribution is 3.83. The van der Waals surface area contributed by atoms with Gasteiger partial charge in [-0.25, -0.2) is 0 Å². The maximum absolute atomic E-state index is 9.67. The van der Waals surface area contributed by atoms with Crippen molar-refractivity contribution in [3.8, 4) is 0 Å². The lowest BCUT2D eigenvalue weighted by Gasteiger charge is -1.65. The van der Waals surface area contributed by atoms with Crippen molar-refractivity contribution in [2.45, 2.75) is 6.68 Å². The van der Waals surface area contributed by atoms with Gasteiger partial charge in [-0.3, -0.25) is 4.39 Å². The Morgan fingerprint density at radius 2 is 1.00 bits per heavy atom. The van der Waals surface area contributed by atoms with E-state index in [-0.39, 0.29) is 0 Å². The molecule has 0 aromatic carbocycles. The minimum atomic E-state index is -3.67. The number of hydrogen-bond acceptors (Lipinski definition) is 0. The average molecular weight is 104 g/mol. The molecule has 0 aliphatic rings. The first-order valence-corrected chi connectivity index (χ1v) is 1.03. The van der Waals surface area contributed by atoms with Crippen LogP contribution in [0.1, 0.15) is 0 Å². The summed E-state index contributed by atoms with van der Waals surface area (Å²) in [6.45, 7) is -3.67. The number of alkyl halides is 4. The van der Waals surface area contributed by atoms with Gasteiger partial charge in [0, 0.05) is 0 Å². The Hall–Kier alpha value is -0.280. The molecule has 0 N–H and O–H groups in total. The number of rotatable bonds is 0. The van der Waals surface area contributed by atoms with E-state index < -0.39 is 6.68 Å². The molecule has 0 heterocycles. The molecule has 0 fully saturated rings. The van der Waals surface area contributed by atoms with Crippen LogP contribution >= 0.6 is 0 Å². The monoisotopic (exact) mass is 104 g/mol. The summed E-state index contributed by atoms with van der Waals surface area (Å²) in [5, 5.41) is 0. The Kier molecular flexibility index (Phi) is 13.5. The Balaban J connectivity index is 0. The third kappa shape index (κ3) is 351. The highest BCUT2D eigenvalue weighted by atomic mass is 19.4. The maximum Gasteiger partial charge on any atom is 0.379 e. The minimum absolute atomic E-state index is 0.500. The lowest BCUT2D eigenvalue weighted by molar-refractivity contribution is 0.00819. The lowest BCUT2D eigenvalue weighted by Crippen LogP contribution is -1.65. The van der Waals surface area contributed by atoms with E-state index in [1.165, 1.54) is 0 Å². The molecule has 4 heteroatoms. The molecular weight excluding hydrogens is 100 g/mol. The molecule has 0 aliphatic heterocycles. The fraction of sp³-hybridized carbons (Fsp3) is 1.00. The Morgan fingerprint density at radius 3 is 1.00 bits per heavy atom. The summed E-state index contributed by atoms with van der Waals surface area (Å²) >= 11 is 0. The first-order valence-electron chi connectivity index (χ1n) is 1.03. The van der Waals surface area contributed by atoms with E-state index in [0.29, 0.717) is 7.18 Å². The first kappa shape index (κ1) is 9.21. The molecule has 0 spiro atoms. The zero-order valence-electron chi connectivity index (χ0n) is 3.09. The van der Waals surface area contributed by atoms with Crippen LogP contribution in [0.4, 0.5) is 17.6 Å². The summed E-state index contributed by atoms with van der Waals surface area (Å²) in [5.41, 5.74) is 0. The van der Waals surface area contributed by atoms with Crippen molar-refractivity contribution >= 4 is 0 Å². The predicted octanol–water partition coefficient (Wildman–Crippen LogP) is 1.76. The van der Waals surface area contributed by atoms with Crippen LogP contribution in [-0.2, 0) is 0 Å². The molecule has 0 saturated heterocycles. The van der Waals surface area contributed by atoms with Crippen molar-refractivity contribution in [2.75, 3.05) is 7.18 Å². The van der Waals surface area contributed by atoms with Gasteiger partial charge in [-0.1, -0.05) is 0 Å². The predicted molar refractivity (Wildman–Crippen MR) is 14.1 cm³/mol. The van der Waals surface area contributed by atoms with Crippen molar-refractivity contribution in [2.24, 2.45) is 0 Å². The van der Waals surface area contributed by atoms with E-state index in [9.17, 15) is 17.6 Å². The van der Waals surface area contributed by atoms with E-state index >= 15 is 0 Å². The normalized spacial score (nSPS) is 7.00. The van der Waals surface area contributed by atoms with Crippen LogP contribution in [-0.4, -0.2) is 13.9 Å². The first-order chi connectivity index (χ1) is 2.73. The third-order valence-electron chi connectivity index (χ3n) is 0. The van der Waals surface area contributed by atoms with Crippen LogP contribution in [0.15, 0.2) is 0 Å². The highest BCUT2D eigenvalue weighted by Crippen LogP contribution is 1.87. The van der Waals surface area contributed by atoms with E-state index in [1.54, 1.807) is 0 Å². The molecule has 0 amide bonds. The maximum atomic E-state index is 9.67. The molecule has 0 unspecified atom stereocenters. The van der Waals surface area contributed by atoms with Gasteiger partial charge in [0.05, 0.1) is 7.18 Å². The van der Waals surface area contributed by atoms with E-state index in [4.69, 9.17) is 0 Å². The second-order valence-electron chi connectivity index (χ2n) is 0.247. The smallest absolute Gasteiger partial charge is 0.255 e. The fourth-order valence-electron chi connectivity index (χ4n) is 0. The molecule has 0 aromatic heterocycles. The third-order valence-corrected chi connectivity index (χ3v) is 0. The van der Waals surface area contributed by atoms with Gasteiger partial charge in [-0.05, 0) is 0 Å². The van der Waals surface area contributed by atoms with Gasteiger partial charge in [0.2, 0.25) is 0 Å². The minimum Gasteiger partial charge on any atom is -0.255 e. The summed E-state index contributed by atoms with van der Waals surface area (Å²) < 4.78 is 38.5. The van der Waals surface area contributed by atoms with Crippen LogP contribution in [0.2, 0.25) is 0 Å². The molecule has 6 heavy (non-hydrogen) atoms. The van der Waals surface area contributed by atoms with Crippen molar-refractivity contribution < 1.29 is 17.6 Å². The van der Waals surface area contributed by atoms with E-state index in [0.717, 1.165) is 0 Å². The van der Waals surface area contributed by atoms with Gasteiger partial charge in [0.15, 0.2) is 0 Å². The molecule has 0 aromatic rings. The van der Waals surface area contributed by atoms with Crippen molar-refractivity contribution in [1.82, 2.24) is 0 Å². The Morgan fingerprint density at radius 1 is 1.00 bits per heavy atom. The lowest BCUT2D eigenvalue weighted by atomic mass is 11.6. The van der Waals surface area contributed by atoms with Gasteiger partial charge >= 0.3 is 6.68 Å². The zero-order chi connectivity index (χ0) is 5.58. The number of halogens is 4. The quantitative estimate of drug-likeness (QED) is 0.411. The molecular formula is C2H4F4. The largest absolute Gasteiger partial charge is 0.379 e. The second kappa shape index (κ2) is 8.83. The Bertz CT molecular complexity index is 10.3. The zero-order valence-corrected chi connectivity index (χ0v) is 3.09. The molecule has 0 atom stereocenters. The summed E-state index contributed by atoms with van der Waals surface area (Å²) in [4.78, 5) is 0. The van der Waals surface area contributed by atoms with Gasteiger partial charge in [-0.2, -0.15) is 13.2 Å². The van der Waals surface area contributed by atoms with Gasteiger partial charge in [-0.15, -0.1) is 0 Å². The standard InChI is InChI=1S/CHF3.CH3F/c2-1(3)4;1-2/h1H;1H3. The summed E-state index contributed by atoms with van der Waals surface area (Å²) in [7, 11) is 0.500. The molecule has 0 aliphatic carbocycles. The number of hydrogen-bond donors (Lipinski definition) is 0. The van der Waals surface area contributed by atoms with Crippen molar-refractivity contribution in [3.05, 3.63) is 0 Å². The SMILES string of the molecule is CF.FC(F)F. The molecule has 0 rings (SSSR count). The summed E-state index contributed by atoms with van der Waals surface area (Å²) in [5.74, 6) is 0. The molecule has 0 radical (unpaired) electrons. The van der Waals surface area contributed by atoms with E-state index in [2.05, 4.69) is 0 Å². The van der Waals surface area contributed by atoms with Crippen LogP contribution < -0.4 is 0 Å². The van der Waals surface area contributed by atoms with Gasteiger partial charge < -0.3 is 0 Å². The molecule has 0 nitrogen and oxygen atoms in total. The van der Waals surface area contributed by atoms with Crippen LogP contribution in [0.5, 0.6) is 0 Å². The summed E-state index contributed by atoms with van der Waals surface area (Å²) in [6, 6.07) is 0. The molecule has 0 bridgehead atoms. The van der Waals surface area contributed by atoms with E-state index in [1.807, 2.05) is 0 Å². The van der Waals surface area contributed by atoms with Gasteiger partial charge in [0.25, 0.3) is 0 Å². The van der Waals surface area contributed by atoms with Crippen molar-refractivity contribution in [1.29, 1.82) is 0 Å². The fourth-order valence-corrected chi connectivity index (χ4v) is 0. The summed E-state index contributed by atoms with van der Waals surface area (Å²) in [6.07, 6.45) is 0. The van der Waals surface area contributed by atoms with Crippen molar-refractivity contribution in [3.63, 3.8) is 0 Å². The van der Waals surface area contributed by atoms with Gasteiger partial charge in [0.1, 0.15) is 0 Å². The average Bonchev–Trinajstić information content (AvgIpc) is 1.41. The molecule has 40 valence electrons. The second-order valence-corrected chi connectivity index (χ2v) is 0.247. The van der Waals surface area contributed by atoms with Crippen LogP contribution in [0.3, 0.4) is 0 Å². The van der Waals surface area contributed by atoms with Crippen LogP contribution in [0.25, 0.3) is 0 Å².